The molecule has 1 rings (SSSR count). The van der Waals surface area contributed by atoms with Gasteiger partial charge in [-0.15, -0.1) is 0 Å². The van der Waals surface area contributed by atoms with E-state index in [1.807, 2.05) is 38.4 Å². The Kier molecular flexibility index (Phi) is 8.30. The van der Waals surface area contributed by atoms with Crippen molar-refractivity contribution in [2.45, 2.75) is 19.3 Å². The Balaban J connectivity index is 2.32. The van der Waals surface area contributed by atoms with E-state index < -0.39 is 0 Å². The molecule has 0 atom stereocenters. The van der Waals surface area contributed by atoms with Crippen molar-refractivity contribution in [1.82, 2.24) is 4.90 Å². The molecule has 0 heterocycles. The Labute approximate surface area is 129 Å². The molecule has 5 heteroatoms. The summed E-state index contributed by atoms with van der Waals surface area (Å²) in [5, 5.41) is 3.83. The quantitative estimate of drug-likeness (QED) is 0.553. The molecule has 0 aliphatic heterocycles. The van der Waals surface area contributed by atoms with Gasteiger partial charge in [0.2, 0.25) is 5.91 Å². The van der Waals surface area contributed by atoms with Crippen molar-refractivity contribution in [3.05, 3.63) is 24.3 Å². The maximum Gasteiger partial charge on any atom is 0.224 e. The van der Waals surface area contributed by atoms with Crippen molar-refractivity contribution >= 4 is 27.5 Å². The molecule has 0 radical (unpaired) electrons. The number of hydrogen-bond acceptors (Lipinski definition) is 3. The number of rotatable bonds is 9. The van der Waals surface area contributed by atoms with Crippen LogP contribution in [0.1, 0.15) is 19.3 Å². The standard InChI is InChI=1S/C15H23BrN2O2/c1-18(2)11-12-20-14-8-6-13(7-9-14)17-15(19)5-3-4-10-16/h6-9H,3-5,10-12H2,1-2H3,(H,17,19). The minimum atomic E-state index is 0.0622. The molecule has 0 aliphatic rings. The summed E-state index contributed by atoms with van der Waals surface area (Å²) < 4.78 is 5.60. The van der Waals surface area contributed by atoms with Crippen LogP contribution in [-0.4, -0.2) is 43.4 Å². The monoisotopic (exact) mass is 342 g/mol. The van der Waals surface area contributed by atoms with E-state index in [0.29, 0.717) is 13.0 Å². The highest BCUT2D eigenvalue weighted by molar-refractivity contribution is 9.09. The Hall–Kier alpha value is -1.07. The molecular formula is C15H23BrN2O2. The number of benzene rings is 1. The molecule has 1 N–H and O–H groups in total. The zero-order valence-electron chi connectivity index (χ0n) is 12.2. The minimum absolute atomic E-state index is 0.0622. The van der Waals surface area contributed by atoms with Crippen LogP contribution in [0.4, 0.5) is 5.69 Å². The van der Waals surface area contributed by atoms with Crippen LogP contribution >= 0.6 is 15.9 Å². The van der Waals surface area contributed by atoms with E-state index in [1.54, 1.807) is 0 Å². The third-order valence-corrected chi connectivity index (χ3v) is 3.29. The number of halogens is 1. The van der Waals surface area contributed by atoms with Gasteiger partial charge in [0.05, 0.1) is 0 Å². The fourth-order valence-corrected chi connectivity index (χ4v) is 1.98. The number of nitrogens with one attached hydrogen (secondary N) is 1. The lowest BCUT2D eigenvalue weighted by molar-refractivity contribution is -0.116. The van der Waals surface area contributed by atoms with E-state index in [2.05, 4.69) is 26.1 Å². The fraction of sp³-hybridized carbons (Fsp3) is 0.533. The third kappa shape index (κ3) is 7.50. The molecule has 1 aromatic rings. The smallest absolute Gasteiger partial charge is 0.224 e. The zero-order chi connectivity index (χ0) is 14.8. The highest BCUT2D eigenvalue weighted by atomic mass is 79.9. The predicted octanol–water partition coefficient (Wildman–Crippen LogP) is 3.13. The van der Waals surface area contributed by atoms with Crippen molar-refractivity contribution in [2.75, 3.05) is 37.9 Å². The summed E-state index contributed by atoms with van der Waals surface area (Å²) in [7, 11) is 4.02. The van der Waals surface area contributed by atoms with Crippen LogP contribution in [0.25, 0.3) is 0 Å². The zero-order valence-corrected chi connectivity index (χ0v) is 13.8. The lowest BCUT2D eigenvalue weighted by Crippen LogP contribution is -2.19. The number of anilines is 1. The van der Waals surface area contributed by atoms with Gasteiger partial charge in [-0.2, -0.15) is 0 Å². The van der Waals surface area contributed by atoms with Gasteiger partial charge in [0, 0.05) is 24.0 Å². The molecule has 1 aromatic carbocycles. The minimum Gasteiger partial charge on any atom is -0.492 e. The van der Waals surface area contributed by atoms with Gasteiger partial charge in [0.25, 0.3) is 0 Å². The molecule has 4 nitrogen and oxygen atoms in total. The first-order chi connectivity index (χ1) is 9.61. The summed E-state index contributed by atoms with van der Waals surface area (Å²) >= 11 is 3.36. The largest absolute Gasteiger partial charge is 0.492 e. The second-order valence-electron chi connectivity index (χ2n) is 4.87. The van der Waals surface area contributed by atoms with Crippen molar-refractivity contribution in [1.29, 1.82) is 0 Å². The van der Waals surface area contributed by atoms with Crippen LogP contribution in [0.5, 0.6) is 5.75 Å². The van der Waals surface area contributed by atoms with E-state index in [4.69, 9.17) is 4.74 Å². The number of alkyl halides is 1. The molecule has 0 saturated heterocycles. The maximum absolute atomic E-state index is 11.7. The van der Waals surface area contributed by atoms with Gasteiger partial charge < -0.3 is 15.0 Å². The third-order valence-electron chi connectivity index (χ3n) is 2.73. The molecule has 20 heavy (non-hydrogen) atoms. The highest BCUT2D eigenvalue weighted by Gasteiger charge is 2.02. The summed E-state index contributed by atoms with van der Waals surface area (Å²) in [5.41, 5.74) is 0.814. The van der Waals surface area contributed by atoms with Crippen LogP contribution < -0.4 is 10.1 Å². The van der Waals surface area contributed by atoms with Crippen LogP contribution in [0.2, 0.25) is 0 Å². The second-order valence-corrected chi connectivity index (χ2v) is 5.66. The van der Waals surface area contributed by atoms with E-state index in [-0.39, 0.29) is 5.91 Å². The molecule has 0 saturated carbocycles. The number of hydrogen-bond donors (Lipinski definition) is 1. The SMILES string of the molecule is CN(C)CCOc1ccc(NC(=O)CCCCBr)cc1. The van der Waals surface area contributed by atoms with Gasteiger partial charge in [-0.3, -0.25) is 4.79 Å². The lowest BCUT2D eigenvalue weighted by atomic mass is 10.2. The number of unbranched alkanes of at least 4 members (excludes halogenated alkanes) is 1. The fourth-order valence-electron chi connectivity index (χ4n) is 1.58. The summed E-state index contributed by atoms with van der Waals surface area (Å²) in [6.07, 6.45) is 2.49. The summed E-state index contributed by atoms with van der Waals surface area (Å²) in [5.74, 6) is 0.886. The second kappa shape index (κ2) is 9.77. The van der Waals surface area contributed by atoms with Crippen molar-refractivity contribution in [3.63, 3.8) is 0 Å². The van der Waals surface area contributed by atoms with Crippen molar-refractivity contribution in [3.8, 4) is 5.75 Å². The molecule has 0 fully saturated rings. The van der Waals surface area contributed by atoms with Crippen LogP contribution in [0.15, 0.2) is 24.3 Å². The van der Waals surface area contributed by atoms with Gasteiger partial charge in [-0.1, -0.05) is 15.9 Å². The van der Waals surface area contributed by atoms with Gasteiger partial charge in [0.15, 0.2) is 0 Å². The van der Waals surface area contributed by atoms with Gasteiger partial charge >= 0.3 is 0 Å². The van der Waals surface area contributed by atoms with E-state index in [1.165, 1.54) is 0 Å². The van der Waals surface area contributed by atoms with E-state index >= 15 is 0 Å². The summed E-state index contributed by atoms with van der Waals surface area (Å²) in [6.45, 7) is 1.54. The molecule has 0 aromatic heterocycles. The average Bonchev–Trinajstić information content (AvgIpc) is 2.41. The first-order valence-corrected chi connectivity index (χ1v) is 7.97. The first kappa shape index (κ1) is 17.0. The first-order valence-electron chi connectivity index (χ1n) is 6.85. The molecule has 1 amide bonds. The van der Waals surface area contributed by atoms with Crippen LogP contribution in [0.3, 0.4) is 0 Å². The number of likely N-dealkylation sites (N-methyl/N-ethyl adjacent to an activating group) is 1. The van der Waals surface area contributed by atoms with Crippen molar-refractivity contribution < 1.29 is 9.53 Å². The Morgan fingerprint density at radius 3 is 2.55 bits per heavy atom. The van der Waals surface area contributed by atoms with Gasteiger partial charge in [-0.25, -0.2) is 0 Å². The molecule has 112 valence electrons. The number of nitrogens with zero attached hydrogens (tertiary/aromatic N) is 1. The lowest BCUT2D eigenvalue weighted by Gasteiger charge is -2.11. The van der Waals surface area contributed by atoms with Crippen molar-refractivity contribution in [2.24, 2.45) is 0 Å². The Morgan fingerprint density at radius 2 is 1.95 bits per heavy atom. The van der Waals surface area contributed by atoms with E-state index in [0.717, 1.165) is 36.2 Å². The number of carbonyl (C=O) groups excluding carboxylic acids is 1. The van der Waals surface area contributed by atoms with E-state index in [9.17, 15) is 4.79 Å². The summed E-state index contributed by atoms with van der Waals surface area (Å²) in [6, 6.07) is 7.49. The molecule has 0 bridgehead atoms. The topological polar surface area (TPSA) is 41.6 Å². The molecule has 0 unspecified atom stereocenters. The van der Waals surface area contributed by atoms with Crippen LogP contribution in [-0.2, 0) is 4.79 Å². The summed E-state index contributed by atoms with van der Waals surface area (Å²) in [4.78, 5) is 13.7. The number of carbonyl (C=O) groups is 1. The molecule has 0 aliphatic carbocycles. The average molecular weight is 343 g/mol. The Bertz CT molecular complexity index is 393. The number of ether oxygens (including phenoxy) is 1. The van der Waals surface area contributed by atoms with Gasteiger partial charge in [-0.05, 0) is 51.2 Å². The van der Waals surface area contributed by atoms with Crippen LogP contribution in [0, 0.1) is 0 Å². The predicted molar refractivity (Wildman–Crippen MR) is 86.8 cm³/mol. The Morgan fingerprint density at radius 1 is 1.25 bits per heavy atom. The molecular weight excluding hydrogens is 320 g/mol. The molecule has 0 spiro atoms. The highest BCUT2D eigenvalue weighted by Crippen LogP contribution is 2.16. The normalized spacial score (nSPS) is 10.6. The van der Waals surface area contributed by atoms with Gasteiger partial charge in [0.1, 0.15) is 12.4 Å². The number of amides is 1. The maximum atomic E-state index is 11.7.